The minimum atomic E-state index is -3.94. The summed E-state index contributed by atoms with van der Waals surface area (Å²) in [5.41, 5.74) is 8.98. The SMILES string of the molecule is CCCCCCC[CH2][Sn]([CH2]CCCCCCC)([O]c1ccc(CC)c(CC)c1CC)[O][Sn]([CH2]CCCCCCC)([CH2]CCCCCCC)[O]c1ccc(CC)c(CC)c1CC. The zero-order chi connectivity index (χ0) is 44.6. The molecule has 0 atom stereocenters. The average Bonchev–Trinajstić information content (AvgIpc) is 3.27. The molecule has 0 heterocycles. The molecule has 0 aromatic heterocycles. The Balaban J connectivity index is 2.90. The normalized spacial score (nSPS) is 12.1. The molecule has 0 spiro atoms. The molecule has 3 nitrogen and oxygen atoms in total. The first-order valence-corrected chi connectivity index (χ1v) is 39.9. The van der Waals surface area contributed by atoms with Crippen LogP contribution in [-0.4, -0.2) is 38.4 Å². The molecule has 0 saturated heterocycles. The number of rotatable bonds is 40. The van der Waals surface area contributed by atoms with Crippen LogP contribution in [0.3, 0.4) is 0 Å². The summed E-state index contributed by atoms with van der Waals surface area (Å²) in [6.45, 7) is 23.4. The Labute approximate surface area is 391 Å². The Hall–Kier alpha value is -0.403. The molecule has 0 aliphatic carbocycles. The van der Waals surface area contributed by atoms with Gasteiger partial charge < -0.3 is 0 Å². The van der Waals surface area contributed by atoms with Gasteiger partial charge in [-0.05, 0) is 0 Å². The molecular formula is C56H102O3Sn2. The van der Waals surface area contributed by atoms with Crippen LogP contribution in [0, 0.1) is 0 Å². The standard InChI is InChI=1S/2C12H18O.4C8H17.O.2Sn/c2*1-4-9-7-8-12(13)11(6-3)10(9)5-2;4*1-3-5-7-8-6-4-2;;;/h2*7-8,13H,4-6H2,1-3H3;4*1,3-8H2,2H3;;;/q;;;;;;;2*+1/p-2. The van der Waals surface area contributed by atoms with Crippen LogP contribution in [-0.2, 0) is 39.9 Å². The molecular weight excluding hydrogens is 958 g/mol. The van der Waals surface area contributed by atoms with Crippen molar-refractivity contribution in [1.29, 1.82) is 0 Å². The van der Waals surface area contributed by atoms with Crippen LogP contribution < -0.4 is 6.15 Å². The molecule has 61 heavy (non-hydrogen) atoms. The minimum absolute atomic E-state index is 1.02. The Kier molecular flexibility index (Phi) is 32.4. The quantitative estimate of drug-likeness (QED) is 0.0492. The van der Waals surface area contributed by atoms with Crippen molar-refractivity contribution in [3.05, 3.63) is 57.6 Å². The zero-order valence-electron chi connectivity index (χ0n) is 42.6. The van der Waals surface area contributed by atoms with Gasteiger partial charge in [0.15, 0.2) is 0 Å². The van der Waals surface area contributed by atoms with Gasteiger partial charge in [-0.2, -0.15) is 0 Å². The summed E-state index contributed by atoms with van der Waals surface area (Å²) >= 11 is -7.88. The first-order chi connectivity index (χ1) is 29.8. The molecule has 2 aromatic carbocycles. The van der Waals surface area contributed by atoms with Gasteiger partial charge in [-0.25, -0.2) is 0 Å². The number of unbranched alkanes of at least 4 members (excludes halogenated alkanes) is 20. The molecule has 0 bridgehead atoms. The first-order valence-electron chi connectivity index (χ1n) is 27.2. The van der Waals surface area contributed by atoms with Gasteiger partial charge in [0.2, 0.25) is 0 Å². The van der Waals surface area contributed by atoms with Crippen LogP contribution in [0.5, 0.6) is 11.5 Å². The second-order valence-electron chi connectivity index (χ2n) is 18.7. The van der Waals surface area contributed by atoms with Crippen LogP contribution in [0.1, 0.15) is 257 Å². The molecule has 0 saturated carbocycles. The van der Waals surface area contributed by atoms with E-state index in [0.717, 1.165) is 38.5 Å². The van der Waals surface area contributed by atoms with E-state index in [1.165, 1.54) is 217 Å². The number of benzene rings is 2. The predicted molar refractivity (Wildman–Crippen MR) is 276 cm³/mol. The predicted octanol–water partition coefficient (Wildman–Crippen LogP) is 18.9. The van der Waals surface area contributed by atoms with Gasteiger partial charge in [0, 0.05) is 0 Å². The van der Waals surface area contributed by atoms with E-state index >= 15 is 0 Å². The van der Waals surface area contributed by atoms with E-state index in [2.05, 4.69) is 93.5 Å². The maximum absolute atomic E-state index is 8.58. The Morgan fingerprint density at radius 1 is 0.295 bits per heavy atom. The van der Waals surface area contributed by atoms with Gasteiger partial charge >= 0.3 is 395 Å². The summed E-state index contributed by atoms with van der Waals surface area (Å²) in [5, 5.41) is 0. The van der Waals surface area contributed by atoms with Crippen LogP contribution >= 0.6 is 0 Å². The van der Waals surface area contributed by atoms with Gasteiger partial charge in [-0.1, -0.05) is 0 Å². The number of hydrogen-bond donors (Lipinski definition) is 0. The van der Waals surface area contributed by atoms with Crippen molar-refractivity contribution in [2.24, 2.45) is 0 Å². The van der Waals surface area contributed by atoms with Crippen molar-refractivity contribution in [3.8, 4) is 11.5 Å². The Morgan fingerprint density at radius 3 is 0.803 bits per heavy atom. The summed E-state index contributed by atoms with van der Waals surface area (Å²) in [5.74, 6) is 2.36. The number of hydrogen-bond acceptors (Lipinski definition) is 3. The van der Waals surface area contributed by atoms with E-state index in [1.807, 2.05) is 0 Å². The third kappa shape index (κ3) is 20.8. The molecule has 5 heteroatoms. The van der Waals surface area contributed by atoms with Crippen molar-refractivity contribution in [3.63, 3.8) is 0 Å². The van der Waals surface area contributed by atoms with E-state index in [9.17, 15) is 0 Å². The van der Waals surface area contributed by atoms with Crippen LogP contribution in [0.4, 0.5) is 0 Å². The number of aryl methyl sites for hydroxylation is 2. The monoisotopic (exact) mass is 1060 g/mol. The van der Waals surface area contributed by atoms with E-state index in [4.69, 9.17) is 7.56 Å². The summed E-state index contributed by atoms with van der Waals surface area (Å²) in [7, 11) is 0. The van der Waals surface area contributed by atoms with Gasteiger partial charge in [0.1, 0.15) is 0 Å². The zero-order valence-corrected chi connectivity index (χ0v) is 48.3. The average molecular weight is 1060 g/mol. The maximum atomic E-state index is 8.58. The van der Waals surface area contributed by atoms with Gasteiger partial charge in [0.25, 0.3) is 0 Å². The van der Waals surface area contributed by atoms with E-state index < -0.39 is 38.4 Å². The van der Waals surface area contributed by atoms with Crippen molar-refractivity contribution in [2.45, 2.75) is 280 Å². The van der Waals surface area contributed by atoms with Crippen LogP contribution in [0.25, 0.3) is 0 Å². The van der Waals surface area contributed by atoms with Crippen molar-refractivity contribution in [2.75, 3.05) is 0 Å². The molecule has 0 aliphatic rings. The van der Waals surface area contributed by atoms with Gasteiger partial charge in [-0.15, -0.1) is 0 Å². The summed E-state index contributed by atoms with van der Waals surface area (Å²) in [6.07, 6.45) is 37.8. The van der Waals surface area contributed by atoms with Gasteiger partial charge in [0.05, 0.1) is 0 Å². The van der Waals surface area contributed by atoms with E-state index in [1.54, 1.807) is 0 Å². The van der Waals surface area contributed by atoms with Crippen LogP contribution in [0.15, 0.2) is 24.3 Å². The van der Waals surface area contributed by atoms with Crippen molar-refractivity contribution < 1.29 is 7.56 Å². The van der Waals surface area contributed by atoms with Crippen molar-refractivity contribution >= 4 is 38.4 Å². The summed E-state index contributed by atoms with van der Waals surface area (Å²) < 4.78 is 29.3. The van der Waals surface area contributed by atoms with Gasteiger partial charge in [-0.3, -0.25) is 0 Å². The summed E-state index contributed by atoms with van der Waals surface area (Å²) in [4.78, 5) is 0. The van der Waals surface area contributed by atoms with Crippen molar-refractivity contribution in [1.82, 2.24) is 0 Å². The Morgan fingerprint density at radius 2 is 0.557 bits per heavy atom. The second-order valence-corrected chi connectivity index (χ2v) is 40.4. The molecule has 0 aliphatic heterocycles. The first kappa shape index (κ1) is 56.7. The topological polar surface area (TPSA) is 27.7 Å². The third-order valence-corrected chi connectivity index (χ3v) is 46.2. The molecule has 0 radical (unpaired) electrons. The third-order valence-electron chi connectivity index (χ3n) is 13.8. The Bertz CT molecular complexity index is 1250. The molecule has 352 valence electrons. The fourth-order valence-corrected chi connectivity index (χ4v) is 50.8. The van der Waals surface area contributed by atoms with E-state index in [0.29, 0.717) is 0 Å². The fourth-order valence-electron chi connectivity index (χ4n) is 10.1. The van der Waals surface area contributed by atoms with Crippen LogP contribution in [0.2, 0.25) is 17.7 Å². The molecule has 2 aromatic rings. The molecule has 0 N–H and O–H groups in total. The second kappa shape index (κ2) is 34.9. The molecule has 0 amide bonds. The summed E-state index contributed by atoms with van der Waals surface area (Å²) in [6, 6.07) is 9.60. The van der Waals surface area contributed by atoms with E-state index in [-0.39, 0.29) is 0 Å². The molecule has 2 rings (SSSR count). The fraction of sp³-hybridized carbons (Fsp3) is 0.786. The molecule has 0 fully saturated rings. The molecule has 0 unspecified atom stereocenters.